The Labute approximate surface area is 112 Å². The van der Waals surface area contributed by atoms with E-state index >= 15 is 0 Å². The van der Waals surface area contributed by atoms with E-state index in [2.05, 4.69) is 17.6 Å². The monoisotopic (exact) mass is 268 g/mol. The van der Waals surface area contributed by atoms with E-state index in [9.17, 15) is 10.1 Å². The number of amides is 1. The van der Waals surface area contributed by atoms with Crippen LogP contribution in [0.3, 0.4) is 0 Å². The number of nitrogens with one attached hydrogen (secondary N) is 1. The van der Waals surface area contributed by atoms with E-state index in [1.54, 1.807) is 0 Å². The van der Waals surface area contributed by atoms with Crippen molar-refractivity contribution in [3.63, 3.8) is 0 Å². The van der Waals surface area contributed by atoms with Gasteiger partial charge in [-0.15, -0.1) is 0 Å². The van der Waals surface area contributed by atoms with Gasteiger partial charge in [-0.05, 0) is 31.9 Å². The summed E-state index contributed by atoms with van der Waals surface area (Å²) in [4.78, 5) is 12.3. The molecule has 1 aliphatic carbocycles. The molecule has 0 atom stereocenters. The highest BCUT2D eigenvalue weighted by atomic mass is 32.2. The van der Waals surface area contributed by atoms with Crippen molar-refractivity contribution in [2.24, 2.45) is 5.41 Å². The van der Waals surface area contributed by atoms with Gasteiger partial charge < -0.3 is 10.1 Å². The minimum absolute atomic E-state index is 0.103. The van der Waals surface area contributed by atoms with Gasteiger partial charge in [0.05, 0.1) is 6.07 Å². The van der Waals surface area contributed by atoms with Crippen LogP contribution < -0.4 is 5.32 Å². The van der Waals surface area contributed by atoms with Crippen LogP contribution in [-0.2, 0) is 9.53 Å². The van der Waals surface area contributed by atoms with Crippen LogP contribution in [0.1, 0.15) is 32.1 Å². The molecule has 18 heavy (non-hydrogen) atoms. The van der Waals surface area contributed by atoms with Crippen molar-refractivity contribution < 1.29 is 9.53 Å². The number of nitriles is 1. The number of carbonyl (C=O) groups is 1. The highest BCUT2D eigenvalue weighted by Gasteiger charge is 2.42. The maximum atomic E-state index is 12.3. The first-order chi connectivity index (χ1) is 8.66. The van der Waals surface area contributed by atoms with Gasteiger partial charge in [0.15, 0.2) is 0 Å². The fraction of sp³-hybridized carbons (Fsp3) is 0.846. The van der Waals surface area contributed by atoms with E-state index in [-0.39, 0.29) is 10.7 Å². The zero-order valence-electron chi connectivity index (χ0n) is 10.8. The number of nitrogens with zero attached hydrogens (tertiary/aromatic N) is 1. The fourth-order valence-electron chi connectivity index (χ4n) is 2.54. The van der Waals surface area contributed by atoms with E-state index in [1.165, 1.54) is 6.42 Å². The van der Waals surface area contributed by atoms with Gasteiger partial charge in [0.2, 0.25) is 5.91 Å². The number of carbonyl (C=O) groups excluding carboxylic acids is 1. The summed E-state index contributed by atoms with van der Waals surface area (Å²) >= 11 is 1.83. The Balaban J connectivity index is 1.92. The largest absolute Gasteiger partial charge is 0.381 e. The molecule has 0 radical (unpaired) electrons. The summed E-state index contributed by atoms with van der Waals surface area (Å²) in [5.41, 5.74) is -0.860. The summed E-state index contributed by atoms with van der Waals surface area (Å²) < 4.78 is 5.46. The molecule has 1 aliphatic heterocycles. The third-order valence-corrected chi connectivity index (χ3v) is 5.68. The van der Waals surface area contributed by atoms with Gasteiger partial charge in [-0.2, -0.15) is 17.0 Å². The molecule has 0 spiro atoms. The second kappa shape index (κ2) is 5.50. The number of thioether (sulfide) groups is 1. The maximum Gasteiger partial charge on any atom is 0.240 e. The van der Waals surface area contributed by atoms with E-state index in [0.717, 1.165) is 12.8 Å². The Bertz CT molecular complexity index is 349. The molecule has 2 fully saturated rings. The molecule has 0 aromatic carbocycles. The van der Waals surface area contributed by atoms with Crippen LogP contribution in [0.4, 0.5) is 0 Å². The first kappa shape index (κ1) is 13.7. The van der Waals surface area contributed by atoms with Crippen molar-refractivity contribution in [3.05, 3.63) is 0 Å². The average molecular weight is 268 g/mol. The standard InChI is InChI=1S/C13H20N2O2S/c1-18-13(3-2-4-13)10-15-11(16)12(9-14)5-7-17-8-6-12/h2-8,10H2,1H3,(H,15,16). The molecule has 0 aromatic heterocycles. The van der Waals surface area contributed by atoms with Crippen LogP contribution in [0.2, 0.25) is 0 Å². The third kappa shape index (κ3) is 2.50. The molecule has 1 N–H and O–H groups in total. The molecular formula is C13H20N2O2S. The van der Waals surface area contributed by atoms with Crippen LogP contribution in [-0.4, -0.2) is 36.7 Å². The van der Waals surface area contributed by atoms with Crippen molar-refractivity contribution in [3.8, 4) is 6.07 Å². The lowest BCUT2D eigenvalue weighted by Crippen LogP contribution is -2.50. The van der Waals surface area contributed by atoms with Gasteiger partial charge in [-0.25, -0.2) is 0 Å². The molecule has 100 valence electrons. The van der Waals surface area contributed by atoms with Gasteiger partial charge >= 0.3 is 0 Å². The zero-order chi connectivity index (χ0) is 13.1. The molecule has 1 amide bonds. The molecule has 4 nitrogen and oxygen atoms in total. The highest BCUT2D eigenvalue weighted by Crippen LogP contribution is 2.42. The van der Waals surface area contributed by atoms with Crippen molar-refractivity contribution in [1.29, 1.82) is 5.26 Å². The summed E-state index contributed by atoms with van der Waals surface area (Å²) in [6, 6.07) is 2.21. The van der Waals surface area contributed by atoms with Gasteiger partial charge in [0, 0.05) is 24.5 Å². The van der Waals surface area contributed by atoms with Gasteiger partial charge in [0.25, 0.3) is 0 Å². The van der Waals surface area contributed by atoms with Crippen LogP contribution in [0.5, 0.6) is 0 Å². The summed E-state index contributed by atoms with van der Waals surface area (Å²) in [7, 11) is 0. The molecule has 0 aromatic rings. The Morgan fingerprint density at radius 1 is 1.39 bits per heavy atom. The number of ether oxygens (including phenoxy) is 1. The molecule has 2 rings (SSSR count). The predicted octanol–water partition coefficient (Wildman–Crippen LogP) is 1.71. The van der Waals surface area contributed by atoms with E-state index in [4.69, 9.17) is 4.74 Å². The molecule has 0 unspecified atom stereocenters. The molecule has 1 saturated carbocycles. The topological polar surface area (TPSA) is 62.1 Å². The minimum Gasteiger partial charge on any atom is -0.381 e. The number of rotatable bonds is 4. The summed E-state index contributed by atoms with van der Waals surface area (Å²) in [6.45, 7) is 1.71. The molecular weight excluding hydrogens is 248 g/mol. The van der Waals surface area contributed by atoms with Crippen molar-refractivity contribution in [2.45, 2.75) is 36.9 Å². The van der Waals surface area contributed by atoms with Crippen LogP contribution in [0.15, 0.2) is 0 Å². The highest BCUT2D eigenvalue weighted by molar-refractivity contribution is 8.00. The lowest BCUT2D eigenvalue weighted by atomic mass is 9.80. The lowest BCUT2D eigenvalue weighted by molar-refractivity contribution is -0.132. The Morgan fingerprint density at radius 2 is 2.06 bits per heavy atom. The maximum absolute atomic E-state index is 12.3. The minimum atomic E-state index is -0.860. The van der Waals surface area contributed by atoms with Crippen molar-refractivity contribution in [1.82, 2.24) is 5.32 Å². The molecule has 2 aliphatic rings. The second-order valence-corrected chi connectivity index (χ2v) is 6.50. The Hall–Kier alpha value is -0.730. The Morgan fingerprint density at radius 3 is 2.50 bits per heavy atom. The summed E-state index contributed by atoms with van der Waals surface area (Å²) in [5.74, 6) is -0.103. The van der Waals surface area contributed by atoms with E-state index in [1.807, 2.05) is 11.8 Å². The predicted molar refractivity (Wildman–Crippen MR) is 71.2 cm³/mol. The van der Waals surface area contributed by atoms with Crippen molar-refractivity contribution in [2.75, 3.05) is 26.0 Å². The lowest BCUT2D eigenvalue weighted by Gasteiger charge is -2.41. The summed E-state index contributed by atoms with van der Waals surface area (Å²) in [5, 5.41) is 12.3. The molecule has 1 saturated heterocycles. The van der Waals surface area contributed by atoms with Crippen LogP contribution in [0.25, 0.3) is 0 Å². The fourth-order valence-corrected chi connectivity index (χ4v) is 3.46. The normalized spacial score (nSPS) is 24.7. The number of hydrogen-bond donors (Lipinski definition) is 1. The van der Waals surface area contributed by atoms with Gasteiger partial charge in [0.1, 0.15) is 5.41 Å². The van der Waals surface area contributed by atoms with E-state index < -0.39 is 5.41 Å². The number of hydrogen-bond acceptors (Lipinski definition) is 4. The third-order valence-electron chi connectivity index (χ3n) is 4.26. The summed E-state index contributed by atoms with van der Waals surface area (Å²) in [6.07, 6.45) is 6.70. The molecule has 0 bridgehead atoms. The van der Waals surface area contributed by atoms with E-state index in [0.29, 0.717) is 32.6 Å². The second-order valence-electron chi connectivity index (χ2n) is 5.23. The SMILES string of the molecule is CSC1(CNC(=O)C2(C#N)CCOCC2)CCC1. The first-order valence-corrected chi connectivity index (χ1v) is 7.71. The Kier molecular flexibility index (Phi) is 4.18. The van der Waals surface area contributed by atoms with Gasteiger partial charge in [-0.3, -0.25) is 4.79 Å². The van der Waals surface area contributed by atoms with Crippen molar-refractivity contribution >= 4 is 17.7 Å². The zero-order valence-corrected chi connectivity index (χ0v) is 11.6. The van der Waals surface area contributed by atoms with Crippen LogP contribution in [0, 0.1) is 16.7 Å². The first-order valence-electron chi connectivity index (χ1n) is 6.49. The smallest absolute Gasteiger partial charge is 0.240 e. The van der Waals surface area contributed by atoms with Crippen LogP contribution >= 0.6 is 11.8 Å². The quantitative estimate of drug-likeness (QED) is 0.843. The molecule has 5 heteroatoms. The molecule has 1 heterocycles. The van der Waals surface area contributed by atoms with Gasteiger partial charge in [-0.1, -0.05) is 6.42 Å². The average Bonchev–Trinajstić information content (AvgIpc) is 2.38.